The van der Waals surface area contributed by atoms with E-state index in [1.165, 1.54) is 11.3 Å². The molecule has 1 heterocycles. The van der Waals surface area contributed by atoms with E-state index in [4.69, 9.17) is 0 Å². The van der Waals surface area contributed by atoms with Crippen molar-refractivity contribution in [2.45, 2.75) is 33.6 Å². The minimum absolute atomic E-state index is 0.464. The van der Waals surface area contributed by atoms with Gasteiger partial charge in [-0.25, -0.2) is 0 Å². The maximum absolute atomic E-state index is 4.52. The Hall–Kier alpha value is -1.12. The van der Waals surface area contributed by atoms with E-state index < -0.39 is 0 Å². The molecular formula is C11H19N3. The summed E-state index contributed by atoms with van der Waals surface area (Å²) < 4.78 is 0. The quantitative estimate of drug-likeness (QED) is 0.718. The number of rotatable bonds is 2. The van der Waals surface area contributed by atoms with Gasteiger partial charge in [-0.1, -0.05) is 20.8 Å². The van der Waals surface area contributed by atoms with Gasteiger partial charge in [-0.3, -0.25) is 4.99 Å². The van der Waals surface area contributed by atoms with Gasteiger partial charge in [0.2, 0.25) is 0 Å². The number of hydrogen-bond acceptors (Lipinski definition) is 3. The van der Waals surface area contributed by atoms with E-state index in [-0.39, 0.29) is 0 Å². The predicted molar refractivity (Wildman–Crippen MR) is 61.8 cm³/mol. The molecule has 1 rings (SSSR count). The van der Waals surface area contributed by atoms with Gasteiger partial charge in [-0.2, -0.15) is 5.10 Å². The van der Waals surface area contributed by atoms with E-state index in [0.717, 1.165) is 19.4 Å². The van der Waals surface area contributed by atoms with E-state index >= 15 is 0 Å². The highest BCUT2D eigenvalue weighted by molar-refractivity contribution is 5.80. The highest BCUT2D eigenvalue weighted by atomic mass is 15.3. The van der Waals surface area contributed by atoms with Crippen LogP contribution in [0.1, 0.15) is 33.6 Å². The van der Waals surface area contributed by atoms with Crippen LogP contribution >= 0.6 is 0 Å². The van der Waals surface area contributed by atoms with Crippen molar-refractivity contribution in [2.24, 2.45) is 16.0 Å². The zero-order valence-corrected chi connectivity index (χ0v) is 9.25. The zero-order valence-electron chi connectivity index (χ0n) is 9.25. The summed E-state index contributed by atoms with van der Waals surface area (Å²) in [6.45, 7) is 7.34. The van der Waals surface area contributed by atoms with Gasteiger partial charge in [0.05, 0.1) is 6.21 Å². The molecule has 3 nitrogen and oxygen atoms in total. The number of allylic oxidation sites excluding steroid dienone is 2. The number of nitrogens with one attached hydrogen (secondary N) is 1. The Morgan fingerprint density at radius 3 is 2.93 bits per heavy atom. The van der Waals surface area contributed by atoms with Gasteiger partial charge in [0.15, 0.2) is 0 Å². The van der Waals surface area contributed by atoms with Crippen molar-refractivity contribution in [1.82, 2.24) is 5.43 Å². The highest BCUT2D eigenvalue weighted by Crippen LogP contribution is 2.17. The van der Waals surface area contributed by atoms with E-state index in [0.29, 0.717) is 5.92 Å². The zero-order chi connectivity index (χ0) is 10.4. The molecule has 0 aromatic carbocycles. The molecule has 0 amide bonds. The van der Waals surface area contributed by atoms with Crippen LogP contribution in [0.5, 0.6) is 0 Å². The molecule has 0 bridgehead atoms. The van der Waals surface area contributed by atoms with Gasteiger partial charge in [0.1, 0.15) is 0 Å². The van der Waals surface area contributed by atoms with Gasteiger partial charge < -0.3 is 5.43 Å². The van der Waals surface area contributed by atoms with E-state index in [1.807, 2.05) is 12.4 Å². The van der Waals surface area contributed by atoms with Crippen LogP contribution in [-0.4, -0.2) is 19.0 Å². The molecule has 78 valence electrons. The molecule has 0 aromatic heterocycles. The standard InChI is InChI=1S/C11H19N3/c1-4-10-8-14-13-7-5-6-12-11(10)9(2)3/h6,8-9,13H,4-5,7H2,1-3H3/b11-10+,12-6-,14-8-. The third kappa shape index (κ3) is 2.98. The Bertz CT molecular complexity index is 262. The fourth-order valence-corrected chi connectivity index (χ4v) is 1.42. The summed E-state index contributed by atoms with van der Waals surface area (Å²) >= 11 is 0. The third-order valence-corrected chi connectivity index (χ3v) is 2.18. The first-order chi connectivity index (χ1) is 6.75. The summed E-state index contributed by atoms with van der Waals surface area (Å²) in [5.74, 6) is 0.464. The Morgan fingerprint density at radius 2 is 2.29 bits per heavy atom. The maximum Gasteiger partial charge on any atom is 0.0518 e. The molecule has 0 spiro atoms. The number of nitrogens with zero attached hydrogens (tertiary/aromatic N) is 2. The predicted octanol–water partition coefficient (Wildman–Crippen LogP) is 2.36. The summed E-state index contributed by atoms with van der Waals surface area (Å²) in [4.78, 5) is 4.52. The average molecular weight is 193 g/mol. The maximum atomic E-state index is 4.52. The SMILES string of the molecule is CCC1=C(C(C)C)\N=C/CCN/N=C\1. The van der Waals surface area contributed by atoms with Crippen LogP contribution in [0.2, 0.25) is 0 Å². The van der Waals surface area contributed by atoms with Gasteiger partial charge in [0.25, 0.3) is 0 Å². The molecule has 14 heavy (non-hydrogen) atoms. The van der Waals surface area contributed by atoms with Crippen LogP contribution in [0.25, 0.3) is 0 Å². The monoisotopic (exact) mass is 193 g/mol. The molecule has 1 aliphatic heterocycles. The summed E-state index contributed by atoms with van der Waals surface area (Å²) in [5.41, 5.74) is 5.39. The van der Waals surface area contributed by atoms with Crippen molar-refractivity contribution in [3.63, 3.8) is 0 Å². The lowest BCUT2D eigenvalue weighted by atomic mass is 10.0. The second-order valence-corrected chi connectivity index (χ2v) is 3.69. The minimum Gasteiger partial charge on any atom is -0.310 e. The van der Waals surface area contributed by atoms with Crippen molar-refractivity contribution in [2.75, 3.05) is 6.54 Å². The number of hydrazone groups is 1. The second kappa shape index (κ2) is 5.58. The lowest BCUT2D eigenvalue weighted by Crippen LogP contribution is -2.07. The molecule has 1 N–H and O–H groups in total. The van der Waals surface area contributed by atoms with Crippen LogP contribution in [0.4, 0.5) is 0 Å². The molecule has 0 unspecified atom stereocenters. The topological polar surface area (TPSA) is 36.8 Å². The minimum atomic E-state index is 0.464. The molecule has 0 saturated heterocycles. The van der Waals surface area contributed by atoms with Gasteiger partial charge in [-0.15, -0.1) is 0 Å². The molecule has 0 saturated carbocycles. The molecular weight excluding hydrogens is 174 g/mol. The van der Waals surface area contributed by atoms with Crippen LogP contribution in [0.3, 0.4) is 0 Å². The fourth-order valence-electron chi connectivity index (χ4n) is 1.42. The normalized spacial score (nSPS) is 27.4. The van der Waals surface area contributed by atoms with Gasteiger partial charge in [0, 0.05) is 24.9 Å². The van der Waals surface area contributed by atoms with Gasteiger partial charge in [-0.05, 0) is 17.9 Å². The van der Waals surface area contributed by atoms with Crippen LogP contribution in [-0.2, 0) is 0 Å². The first-order valence-electron chi connectivity index (χ1n) is 5.27. The van der Waals surface area contributed by atoms with Gasteiger partial charge >= 0.3 is 0 Å². The first kappa shape index (κ1) is 11.0. The summed E-state index contributed by atoms with van der Waals surface area (Å²) in [6, 6.07) is 0. The molecule has 3 heteroatoms. The Labute approximate surface area is 86.0 Å². The Kier molecular flexibility index (Phi) is 4.36. The van der Waals surface area contributed by atoms with Crippen LogP contribution in [0, 0.1) is 5.92 Å². The second-order valence-electron chi connectivity index (χ2n) is 3.69. The first-order valence-corrected chi connectivity index (χ1v) is 5.27. The van der Waals surface area contributed by atoms with Crippen molar-refractivity contribution in [3.05, 3.63) is 11.3 Å². The highest BCUT2D eigenvalue weighted by Gasteiger charge is 2.07. The lowest BCUT2D eigenvalue weighted by Gasteiger charge is -2.09. The smallest absolute Gasteiger partial charge is 0.0518 e. The molecule has 0 atom stereocenters. The van der Waals surface area contributed by atoms with Crippen molar-refractivity contribution in [1.29, 1.82) is 0 Å². The number of aliphatic imine (C=N–C) groups is 1. The van der Waals surface area contributed by atoms with E-state index in [1.54, 1.807) is 0 Å². The summed E-state index contributed by atoms with van der Waals surface area (Å²) in [6.07, 6.45) is 5.80. The van der Waals surface area contributed by atoms with E-state index in [2.05, 4.69) is 36.3 Å². The van der Waals surface area contributed by atoms with Crippen molar-refractivity contribution >= 4 is 12.4 Å². The Morgan fingerprint density at radius 1 is 1.50 bits per heavy atom. The van der Waals surface area contributed by atoms with Crippen LogP contribution < -0.4 is 5.43 Å². The van der Waals surface area contributed by atoms with Crippen molar-refractivity contribution < 1.29 is 0 Å². The fraction of sp³-hybridized carbons (Fsp3) is 0.636. The van der Waals surface area contributed by atoms with Crippen LogP contribution in [0.15, 0.2) is 21.4 Å². The molecule has 0 aliphatic carbocycles. The molecule has 1 aliphatic rings. The average Bonchev–Trinajstić information content (AvgIpc) is 2.27. The molecule has 0 radical (unpaired) electrons. The van der Waals surface area contributed by atoms with Crippen molar-refractivity contribution in [3.8, 4) is 0 Å². The van der Waals surface area contributed by atoms with E-state index in [9.17, 15) is 0 Å². The Balaban J connectivity index is 2.99. The largest absolute Gasteiger partial charge is 0.310 e. The molecule has 0 aromatic rings. The lowest BCUT2D eigenvalue weighted by molar-refractivity contribution is 0.746. The summed E-state index contributed by atoms with van der Waals surface area (Å²) in [7, 11) is 0. The third-order valence-electron chi connectivity index (χ3n) is 2.18. The molecule has 0 fully saturated rings. The summed E-state index contributed by atoms with van der Waals surface area (Å²) in [5, 5.41) is 4.16. The number of hydrogen-bond donors (Lipinski definition) is 1.